The maximum absolute atomic E-state index is 12.4. The summed E-state index contributed by atoms with van der Waals surface area (Å²) in [5.74, 6) is 0.715. The zero-order chi connectivity index (χ0) is 20.7. The standard InChI is InChI=1S/C23H31N3O2/c1-15(2)17-6-8-18(9-7-17)22(16(3)4)25-14-21(27)26-20-12-10-19(11-13-20)23(28)24-5/h6-13,15-16,22,25H,14H2,1-5H3,(H,24,28)(H,26,27)/p+1/t22-/m1/s1. The van der Waals surface area contributed by atoms with E-state index in [0.717, 1.165) is 0 Å². The molecule has 0 aliphatic carbocycles. The number of nitrogens with one attached hydrogen (secondary N) is 2. The summed E-state index contributed by atoms with van der Waals surface area (Å²) in [5, 5.41) is 7.56. The second-order valence-corrected chi connectivity index (χ2v) is 7.74. The van der Waals surface area contributed by atoms with Crippen molar-refractivity contribution in [2.45, 2.75) is 39.7 Å². The quantitative estimate of drug-likeness (QED) is 0.656. The van der Waals surface area contributed by atoms with E-state index in [0.29, 0.717) is 29.6 Å². The average molecular weight is 383 g/mol. The van der Waals surface area contributed by atoms with Crippen LogP contribution in [-0.2, 0) is 4.79 Å². The molecule has 0 aromatic heterocycles. The van der Waals surface area contributed by atoms with Gasteiger partial charge in [-0.1, -0.05) is 52.0 Å². The van der Waals surface area contributed by atoms with E-state index in [1.807, 2.05) is 0 Å². The molecule has 0 spiro atoms. The van der Waals surface area contributed by atoms with Crippen molar-refractivity contribution in [3.05, 3.63) is 65.2 Å². The molecule has 2 amide bonds. The van der Waals surface area contributed by atoms with Crippen molar-refractivity contribution in [3.8, 4) is 0 Å². The maximum Gasteiger partial charge on any atom is 0.279 e. The molecule has 150 valence electrons. The molecule has 0 bridgehead atoms. The van der Waals surface area contributed by atoms with Gasteiger partial charge < -0.3 is 16.0 Å². The van der Waals surface area contributed by atoms with E-state index in [4.69, 9.17) is 0 Å². The summed E-state index contributed by atoms with van der Waals surface area (Å²) >= 11 is 0. The van der Waals surface area contributed by atoms with E-state index in [1.165, 1.54) is 11.1 Å². The van der Waals surface area contributed by atoms with Gasteiger partial charge in [0.2, 0.25) is 0 Å². The topological polar surface area (TPSA) is 74.8 Å². The lowest BCUT2D eigenvalue weighted by molar-refractivity contribution is -0.692. The van der Waals surface area contributed by atoms with Crippen LogP contribution in [0.2, 0.25) is 0 Å². The fourth-order valence-corrected chi connectivity index (χ4v) is 3.19. The number of nitrogens with two attached hydrogens (primary N) is 1. The van der Waals surface area contributed by atoms with E-state index in [2.05, 4.69) is 67.9 Å². The Hall–Kier alpha value is -2.66. The molecule has 0 fully saturated rings. The van der Waals surface area contributed by atoms with Crippen molar-refractivity contribution in [1.82, 2.24) is 5.32 Å². The van der Waals surface area contributed by atoms with Crippen LogP contribution in [0.1, 0.15) is 61.1 Å². The molecular formula is C23H32N3O2+. The van der Waals surface area contributed by atoms with Crippen molar-refractivity contribution in [2.24, 2.45) is 5.92 Å². The second-order valence-electron chi connectivity index (χ2n) is 7.74. The SMILES string of the molecule is CNC(=O)c1ccc(NC(=O)C[NH2+][C@@H](c2ccc(C(C)C)cc2)C(C)C)cc1. The van der Waals surface area contributed by atoms with E-state index < -0.39 is 0 Å². The number of hydrogen-bond acceptors (Lipinski definition) is 2. The highest BCUT2D eigenvalue weighted by atomic mass is 16.2. The molecule has 5 nitrogen and oxygen atoms in total. The average Bonchev–Trinajstić information content (AvgIpc) is 2.68. The third-order valence-corrected chi connectivity index (χ3v) is 4.92. The first-order valence-corrected chi connectivity index (χ1v) is 9.87. The molecule has 0 aliphatic rings. The number of amides is 2. The molecule has 0 radical (unpaired) electrons. The lowest BCUT2D eigenvalue weighted by Crippen LogP contribution is -2.88. The van der Waals surface area contributed by atoms with Crippen LogP contribution in [0.5, 0.6) is 0 Å². The Bertz CT molecular complexity index is 780. The molecule has 28 heavy (non-hydrogen) atoms. The maximum atomic E-state index is 12.4. The van der Waals surface area contributed by atoms with Gasteiger partial charge in [-0.3, -0.25) is 9.59 Å². The van der Waals surface area contributed by atoms with Crippen LogP contribution in [0.25, 0.3) is 0 Å². The van der Waals surface area contributed by atoms with Gasteiger partial charge in [0.25, 0.3) is 11.8 Å². The number of hydrogen-bond donors (Lipinski definition) is 3. The van der Waals surface area contributed by atoms with E-state index in [-0.39, 0.29) is 17.9 Å². The van der Waals surface area contributed by atoms with Crippen molar-refractivity contribution >= 4 is 17.5 Å². The number of benzene rings is 2. The highest BCUT2D eigenvalue weighted by Gasteiger charge is 2.20. The van der Waals surface area contributed by atoms with Gasteiger partial charge in [-0.25, -0.2) is 0 Å². The van der Waals surface area contributed by atoms with Gasteiger partial charge in [-0.05, 0) is 35.7 Å². The number of rotatable bonds is 8. The first kappa shape index (κ1) is 21.6. The smallest absolute Gasteiger partial charge is 0.279 e. The van der Waals surface area contributed by atoms with Gasteiger partial charge in [0, 0.05) is 29.8 Å². The van der Waals surface area contributed by atoms with Crippen LogP contribution < -0.4 is 16.0 Å². The third kappa shape index (κ3) is 5.92. The van der Waals surface area contributed by atoms with Gasteiger partial charge in [-0.15, -0.1) is 0 Å². The Balaban J connectivity index is 1.95. The Kier molecular flexibility index (Phi) is 7.76. The number of anilines is 1. The van der Waals surface area contributed by atoms with Crippen LogP contribution in [0.3, 0.4) is 0 Å². The van der Waals surface area contributed by atoms with Crippen LogP contribution in [0, 0.1) is 5.92 Å². The molecule has 0 saturated carbocycles. The van der Waals surface area contributed by atoms with Gasteiger partial charge in [0.1, 0.15) is 6.04 Å². The molecule has 0 saturated heterocycles. The van der Waals surface area contributed by atoms with E-state index in [9.17, 15) is 9.59 Å². The second kappa shape index (κ2) is 10.0. The molecule has 0 aliphatic heterocycles. The Morgan fingerprint density at radius 3 is 1.96 bits per heavy atom. The summed E-state index contributed by atoms with van der Waals surface area (Å²) in [6, 6.07) is 15.8. The molecule has 5 heteroatoms. The molecule has 4 N–H and O–H groups in total. The first-order valence-electron chi connectivity index (χ1n) is 9.87. The van der Waals surface area contributed by atoms with Crippen LogP contribution in [0.15, 0.2) is 48.5 Å². The lowest BCUT2D eigenvalue weighted by atomic mass is 9.93. The minimum atomic E-state index is -0.144. The summed E-state index contributed by atoms with van der Waals surface area (Å²) in [6.45, 7) is 9.06. The monoisotopic (exact) mass is 382 g/mol. The van der Waals surface area contributed by atoms with E-state index in [1.54, 1.807) is 31.3 Å². The highest BCUT2D eigenvalue weighted by Crippen LogP contribution is 2.21. The first-order chi connectivity index (χ1) is 13.3. The lowest BCUT2D eigenvalue weighted by Gasteiger charge is -2.20. The highest BCUT2D eigenvalue weighted by molar-refractivity contribution is 5.95. The van der Waals surface area contributed by atoms with Gasteiger partial charge in [0.15, 0.2) is 6.54 Å². The third-order valence-electron chi connectivity index (χ3n) is 4.92. The van der Waals surface area contributed by atoms with Crippen LogP contribution in [0.4, 0.5) is 5.69 Å². The molecule has 2 rings (SSSR count). The van der Waals surface area contributed by atoms with Gasteiger partial charge in [0.05, 0.1) is 0 Å². The van der Waals surface area contributed by atoms with E-state index >= 15 is 0 Å². The summed E-state index contributed by atoms with van der Waals surface area (Å²) in [4.78, 5) is 23.9. The summed E-state index contributed by atoms with van der Waals surface area (Å²) in [6.07, 6.45) is 0. The van der Waals surface area contributed by atoms with Crippen molar-refractivity contribution in [3.63, 3.8) is 0 Å². The fourth-order valence-electron chi connectivity index (χ4n) is 3.19. The number of carbonyl (C=O) groups excluding carboxylic acids is 2. The Morgan fingerprint density at radius 1 is 0.893 bits per heavy atom. The van der Waals surface area contributed by atoms with Crippen molar-refractivity contribution < 1.29 is 14.9 Å². The summed E-state index contributed by atoms with van der Waals surface area (Å²) < 4.78 is 0. The van der Waals surface area contributed by atoms with Crippen LogP contribution in [-0.4, -0.2) is 25.4 Å². The minimum absolute atomic E-state index is 0.0582. The van der Waals surface area contributed by atoms with Crippen molar-refractivity contribution in [1.29, 1.82) is 0 Å². The normalized spacial score (nSPS) is 12.1. The summed E-state index contributed by atoms with van der Waals surface area (Å²) in [7, 11) is 1.59. The number of carbonyl (C=O) groups is 2. The van der Waals surface area contributed by atoms with Crippen molar-refractivity contribution in [2.75, 3.05) is 18.9 Å². The zero-order valence-electron chi connectivity index (χ0n) is 17.5. The molecule has 2 aromatic carbocycles. The fraction of sp³-hybridized carbons (Fsp3) is 0.391. The predicted molar refractivity (Wildman–Crippen MR) is 113 cm³/mol. The zero-order valence-corrected chi connectivity index (χ0v) is 17.5. The minimum Gasteiger partial charge on any atom is -0.355 e. The van der Waals surface area contributed by atoms with Crippen LogP contribution >= 0.6 is 0 Å². The van der Waals surface area contributed by atoms with Gasteiger partial charge >= 0.3 is 0 Å². The van der Waals surface area contributed by atoms with Gasteiger partial charge in [-0.2, -0.15) is 0 Å². The molecule has 0 heterocycles. The predicted octanol–water partition coefficient (Wildman–Crippen LogP) is 3.07. The molecule has 1 atom stereocenters. The molecule has 0 unspecified atom stereocenters. The number of quaternary nitrogens is 1. The molecular weight excluding hydrogens is 350 g/mol. The largest absolute Gasteiger partial charge is 0.355 e. The molecule has 2 aromatic rings. The Labute approximate surface area is 167 Å². The summed E-state index contributed by atoms with van der Waals surface area (Å²) in [5.41, 5.74) is 3.82. The Morgan fingerprint density at radius 2 is 1.46 bits per heavy atom.